The van der Waals surface area contributed by atoms with Crippen LogP contribution in [0, 0.1) is 24.6 Å². The average molecular weight is 358 g/mol. The van der Waals surface area contributed by atoms with E-state index < -0.39 is 0 Å². The lowest BCUT2D eigenvalue weighted by atomic mass is 9.68. The van der Waals surface area contributed by atoms with Crippen LogP contribution in [0.4, 0.5) is 9.18 Å². The van der Waals surface area contributed by atoms with E-state index in [4.69, 9.17) is 4.74 Å². The zero-order valence-corrected chi connectivity index (χ0v) is 14.9. The molecule has 2 saturated carbocycles. The Morgan fingerprint density at radius 2 is 2.15 bits per heavy atom. The van der Waals surface area contributed by atoms with Crippen LogP contribution in [0.5, 0.6) is 0 Å². The summed E-state index contributed by atoms with van der Waals surface area (Å²) >= 11 is 0. The molecule has 0 bridgehead atoms. The second kappa shape index (κ2) is 5.21. The molecule has 5 nitrogen and oxygen atoms in total. The van der Waals surface area contributed by atoms with E-state index in [1.54, 1.807) is 13.0 Å². The number of halogens is 1. The highest BCUT2D eigenvalue weighted by Gasteiger charge is 2.59. The molecule has 2 aliphatic carbocycles. The van der Waals surface area contributed by atoms with Gasteiger partial charge in [-0.25, -0.2) is 9.18 Å². The maximum atomic E-state index is 14.0. The number of hydrogen-bond acceptors (Lipinski definition) is 3. The van der Waals surface area contributed by atoms with Gasteiger partial charge in [-0.1, -0.05) is 12.1 Å². The Bertz CT molecular complexity index is 804. The van der Waals surface area contributed by atoms with E-state index in [0.717, 1.165) is 31.5 Å². The number of carbonyl (C=O) groups is 2. The van der Waals surface area contributed by atoms with Crippen molar-refractivity contribution in [3.05, 3.63) is 35.1 Å². The Morgan fingerprint density at radius 3 is 2.81 bits per heavy atom. The van der Waals surface area contributed by atoms with Crippen molar-refractivity contribution < 1.29 is 18.7 Å². The summed E-state index contributed by atoms with van der Waals surface area (Å²) in [6.45, 7) is 3.66. The van der Waals surface area contributed by atoms with E-state index in [2.05, 4.69) is 5.32 Å². The SMILES string of the molecule is Cc1ccc(C23CCN(C(=O)C4CC5(COC(=O)N5)C4)CC2C3)cc1F. The molecule has 26 heavy (non-hydrogen) atoms. The number of alkyl carbamates (subject to hydrolysis) is 1. The highest BCUT2D eigenvalue weighted by Crippen LogP contribution is 2.59. The van der Waals surface area contributed by atoms with Gasteiger partial charge in [0.15, 0.2) is 0 Å². The molecule has 2 amide bonds. The molecule has 138 valence electrons. The number of piperidine rings is 1. The Balaban J connectivity index is 1.22. The van der Waals surface area contributed by atoms with E-state index in [1.165, 1.54) is 0 Å². The first-order valence-electron chi connectivity index (χ1n) is 9.41. The molecular formula is C20H23FN2O3. The predicted octanol–water partition coefficient (Wildman–Crippen LogP) is 2.51. The summed E-state index contributed by atoms with van der Waals surface area (Å²) in [4.78, 5) is 26.0. The van der Waals surface area contributed by atoms with Gasteiger partial charge in [0.25, 0.3) is 0 Å². The number of nitrogens with one attached hydrogen (secondary N) is 1. The maximum absolute atomic E-state index is 14.0. The smallest absolute Gasteiger partial charge is 0.407 e. The van der Waals surface area contributed by atoms with Crippen LogP contribution in [0.2, 0.25) is 0 Å². The lowest BCUT2D eigenvalue weighted by Gasteiger charge is -2.44. The molecule has 4 fully saturated rings. The summed E-state index contributed by atoms with van der Waals surface area (Å²) in [5.41, 5.74) is 1.53. The number of amides is 2. The minimum Gasteiger partial charge on any atom is -0.447 e. The minimum atomic E-state index is -0.373. The Morgan fingerprint density at radius 1 is 1.35 bits per heavy atom. The van der Waals surface area contributed by atoms with Crippen molar-refractivity contribution >= 4 is 12.0 Å². The molecule has 4 aliphatic rings. The van der Waals surface area contributed by atoms with Crippen LogP contribution < -0.4 is 5.32 Å². The quantitative estimate of drug-likeness (QED) is 0.884. The first-order valence-corrected chi connectivity index (χ1v) is 9.41. The van der Waals surface area contributed by atoms with Crippen molar-refractivity contribution in [1.82, 2.24) is 10.2 Å². The van der Waals surface area contributed by atoms with E-state index in [1.807, 2.05) is 17.0 Å². The highest BCUT2D eigenvalue weighted by atomic mass is 19.1. The molecule has 0 radical (unpaired) electrons. The minimum absolute atomic E-state index is 0.0138. The molecule has 2 saturated heterocycles. The molecule has 1 aromatic rings. The molecule has 2 heterocycles. The second-order valence-electron chi connectivity index (χ2n) is 8.64. The first-order chi connectivity index (χ1) is 12.4. The van der Waals surface area contributed by atoms with E-state index in [9.17, 15) is 14.0 Å². The highest BCUT2D eigenvalue weighted by molar-refractivity contribution is 5.82. The van der Waals surface area contributed by atoms with Crippen LogP contribution >= 0.6 is 0 Å². The number of hydrogen-bond donors (Lipinski definition) is 1. The standard InChI is InChI=1S/C20H23FN2O3/c1-12-2-3-14(6-16(12)21)20-4-5-23(10-15(20)9-20)17(24)13-7-19(8-13)11-26-18(25)22-19/h2-3,6,13,15H,4-5,7-11H2,1H3,(H,22,25). The predicted molar refractivity (Wildman–Crippen MR) is 92.1 cm³/mol. The van der Waals surface area contributed by atoms with E-state index >= 15 is 0 Å². The zero-order chi connectivity index (χ0) is 18.1. The number of rotatable bonds is 2. The second-order valence-corrected chi connectivity index (χ2v) is 8.64. The number of benzene rings is 1. The Labute approximate surface area is 151 Å². The third-order valence-electron chi connectivity index (χ3n) is 7.03. The van der Waals surface area contributed by atoms with Crippen LogP contribution in [0.3, 0.4) is 0 Å². The summed E-state index contributed by atoms with van der Waals surface area (Å²) in [6, 6.07) is 5.59. The number of aryl methyl sites for hydroxylation is 1. The van der Waals surface area contributed by atoms with Gasteiger partial charge in [0.1, 0.15) is 12.4 Å². The monoisotopic (exact) mass is 358 g/mol. The summed E-state index contributed by atoms with van der Waals surface area (Å²) in [7, 11) is 0. The van der Waals surface area contributed by atoms with Gasteiger partial charge in [0.2, 0.25) is 5.91 Å². The molecule has 2 atom stereocenters. The van der Waals surface area contributed by atoms with Crippen molar-refractivity contribution in [1.29, 1.82) is 0 Å². The largest absolute Gasteiger partial charge is 0.447 e. The molecule has 1 spiro atoms. The number of nitrogens with zero attached hydrogens (tertiary/aromatic N) is 1. The fourth-order valence-corrected chi connectivity index (χ4v) is 5.25. The third-order valence-corrected chi connectivity index (χ3v) is 7.03. The summed E-state index contributed by atoms with van der Waals surface area (Å²) < 4.78 is 18.9. The van der Waals surface area contributed by atoms with E-state index in [0.29, 0.717) is 30.9 Å². The van der Waals surface area contributed by atoms with Crippen LogP contribution in [0.1, 0.15) is 36.8 Å². The van der Waals surface area contributed by atoms with Crippen molar-refractivity contribution in [2.45, 2.75) is 43.6 Å². The van der Waals surface area contributed by atoms with E-state index in [-0.39, 0.29) is 34.7 Å². The van der Waals surface area contributed by atoms with Gasteiger partial charge in [0, 0.05) is 24.4 Å². The molecule has 2 unspecified atom stereocenters. The first kappa shape index (κ1) is 16.1. The van der Waals surface area contributed by atoms with Gasteiger partial charge < -0.3 is 15.0 Å². The van der Waals surface area contributed by atoms with Gasteiger partial charge >= 0.3 is 6.09 Å². The topological polar surface area (TPSA) is 58.6 Å². The van der Waals surface area contributed by atoms with Crippen molar-refractivity contribution in [2.75, 3.05) is 19.7 Å². The Kier molecular flexibility index (Phi) is 3.22. The lowest BCUT2D eigenvalue weighted by molar-refractivity contribution is -0.142. The molecule has 1 aromatic carbocycles. The third kappa shape index (κ3) is 2.27. The maximum Gasteiger partial charge on any atom is 0.407 e. The number of fused-ring (bicyclic) bond motifs is 1. The summed E-state index contributed by atoms with van der Waals surface area (Å²) in [6.07, 6.45) is 2.92. The number of cyclic esters (lactones) is 1. The average Bonchev–Trinajstić information content (AvgIpc) is 3.21. The molecule has 6 heteroatoms. The van der Waals surface area contributed by atoms with Crippen LogP contribution in [-0.4, -0.2) is 42.1 Å². The van der Waals surface area contributed by atoms with Gasteiger partial charge in [-0.2, -0.15) is 0 Å². The van der Waals surface area contributed by atoms with Crippen LogP contribution in [0.25, 0.3) is 0 Å². The molecular weight excluding hydrogens is 335 g/mol. The van der Waals surface area contributed by atoms with Gasteiger partial charge in [0.05, 0.1) is 5.54 Å². The Hall–Kier alpha value is -2.11. The molecule has 0 aromatic heterocycles. The number of ether oxygens (including phenoxy) is 1. The zero-order valence-electron chi connectivity index (χ0n) is 14.9. The number of likely N-dealkylation sites (tertiary alicyclic amines) is 1. The molecule has 5 rings (SSSR count). The fourth-order valence-electron chi connectivity index (χ4n) is 5.25. The van der Waals surface area contributed by atoms with Crippen molar-refractivity contribution in [3.63, 3.8) is 0 Å². The summed E-state index contributed by atoms with van der Waals surface area (Å²) in [5, 5.41) is 2.84. The summed E-state index contributed by atoms with van der Waals surface area (Å²) in [5.74, 6) is 0.486. The fraction of sp³-hybridized carbons (Fsp3) is 0.600. The van der Waals surface area contributed by atoms with Crippen LogP contribution in [0.15, 0.2) is 18.2 Å². The molecule has 1 N–H and O–H groups in total. The lowest BCUT2D eigenvalue weighted by Crippen LogP contribution is -2.58. The van der Waals surface area contributed by atoms with Crippen molar-refractivity contribution in [3.8, 4) is 0 Å². The number of carbonyl (C=O) groups excluding carboxylic acids is 2. The normalized spacial score (nSPS) is 37.6. The van der Waals surface area contributed by atoms with Crippen LogP contribution in [-0.2, 0) is 14.9 Å². The van der Waals surface area contributed by atoms with Gasteiger partial charge in [-0.3, -0.25) is 4.79 Å². The van der Waals surface area contributed by atoms with Gasteiger partial charge in [-0.05, 0) is 55.7 Å². The molecule has 2 aliphatic heterocycles. The van der Waals surface area contributed by atoms with Gasteiger partial charge in [-0.15, -0.1) is 0 Å². The van der Waals surface area contributed by atoms with Crippen molar-refractivity contribution in [2.24, 2.45) is 11.8 Å².